The molecule has 6 heteroatoms. The monoisotopic (exact) mass is 287 g/mol. The van der Waals surface area contributed by atoms with E-state index in [1.807, 2.05) is 6.92 Å². The van der Waals surface area contributed by atoms with Gasteiger partial charge in [-0.1, -0.05) is 20.8 Å². The third-order valence-corrected chi connectivity index (χ3v) is 8.78. The molecule has 1 amide bonds. The first kappa shape index (κ1) is 16.2. The number of rotatable bonds is 4. The molecule has 0 radical (unpaired) electrons. The molecule has 5 nitrogen and oxygen atoms in total. The van der Waals surface area contributed by atoms with Gasteiger partial charge in [0.05, 0.1) is 19.1 Å². The molecule has 3 atom stereocenters. The van der Waals surface area contributed by atoms with Gasteiger partial charge in [0.15, 0.2) is 8.32 Å². The summed E-state index contributed by atoms with van der Waals surface area (Å²) in [6.45, 7) is 12.6. The van der Waals surface area contributed by atoms with Gasteiger partial charge < -0.3 is 14.5 Å². The van der Waals surface area contributed by atoms with Crippen LogP contribution in [0, 0.1) is 5.92 Å². The van der Waals surface area contributed by atoms with Gasteiger partial charge in [-0.2, -0.15) is 0 Å². The molecule has 0 aromatic heterocycles. The van der Waals surface area contributed by atoms with Crippen LogP contribution in [-0.2, 0) is 18.8 Å². The molecule has 1 aliphatic heterocycles. The molecule has 0 saturated carbocycles. The molecule has 0 unspecified atom stereocenters. The van der Waals surface area contributed by atoms with Crippen molar-refractivity contribution in [1.29, 1.82) is 0 Å². The Labute approximate surface area is 116 Å². The summed E-state index contributed by atoms with van der Waals surface area (Å²) in [5, 5.41) is 2.64. The number of amides is 1. The van der Waals surface area contributed by atoms with Crippen molar-refractivity contribution in [1.82, 2.24) is 5.32 Å². The van der Waals surface area contributed by atoms with Crippen LogP contribution in [0.4, 0.5) is 0 Å². The molecule has 1 heterocycles. The Hall–Kier alpha value is -0.883. The lowest BCUT2D eigenvalue weighted by Crippen LogP contribution is -2.66. The molecule has 0 aromatic rings. The Morgan fingerprint density at radius 3 is 2.26 bits per heavy atom. The van der Waals surface area contributed by atoms with Crippen molar-refractivity contribution in [3.63, 3.8) is 0 Å². The van der Waals surface area contributed by atoms with Crippen molar-refractivity contribution in [2.45, 2.75) is 58.0 Å². The molecule has 1 saturated heterocycles. The normalized spacial score (nSPS) is 25.3. The van der Waals surface area contributed by atoms with Gasteiger partial charge in [0.2, 0.25) is 5.91 Å². The largest absolute Gasteiger partial charge is 0.467 e. The van der Waals surface area contributed by atoms with Gasteiger partial charge in [0.25, 0.3) is 0 Å². The molecule has 110 valence electrons. The first-order chi connectivity index (χ1) is 8.51. The van der Waals surface area contributed by atoms with Crippen LogP contribution in [0.1, 0.15) is 27.7 Å². The first-order valence-electron chi connectivity index (χ1n) is 6.57. The van der Waals surface area contributed by atoms with Gasteiger partial charge in [0.1, 0.15) is 6.04 Å². The maximum absolute atomic E-state index is 11.7. The SMILES string of the molecule is COC(=O)[C@H]1NC(=O)[C@@H]1[C@H](C)O[Si](C)(C)C(C)(C)C. The highest BCUT2D eigenvalue weighted by Crippen LogP contribution is 2.39. The van der Waals surface area contributed by atoms with Crippen LogP contribution in [-0.4, -0.2) is 39.4 Å². The number of hydrogen-bond acceptors (Lipinski definition) is 4. The van der Waals surface area contributed by atoms with E-state index in [1.165, 1.54) is 7.11 Å². The van der Waals surface area contributed by atoms with Crippen molar-refractivity contribution in [2.24, 2.45) is 5.92 Å². The fraction of sp³-hybridized carbons (Fsp3) is 0.846. The zero-order chi connectivity index (χ0) is 15.0. The minimum absolute atomic E-state index is 0.0717. The fourth-order valence-electron chi connectivity index (χ4n) is 1.93. The van der Waals surface area contributed by atoms with E-state index < -0.39 is 26.2 Å². The summed E-state index contributed by atoms with van der Waals surface area (Å²) in [6.07, 6.45) is -0.279. The highest BCUT2D eigenvalue weighted by atomic mass is 28.4. The van der Waals surface area contributed by atoms with Crippen molar-refractivity contribution in [3.8, 4) is 0 Å². The summed E-state index contributed by atoms with van der Waals surface area (Å²) in [5.74, 6) is -0.988. The molecule has 0 bridgehead atoms. The predicted octanol–water partition coefficient (Wildman–Crippen LogP) is 1.68. The van der Waals surface area contributed by atoms with Crippen LogP contribution in [0.2, 0.25) is 18.1 Å². The third-order valence-electron chi connectivity index (χ3n) is 4.21. The number of methoxy groups -OCH3 is 1. The number of esters is 1. The summed E-state index contributed by atoms with van der Waals surface area (Å²) >= 11 is 0. The van der Waals surface area contributed by atoms with Crippen molar-refractivity contribution >= 4 is 20.2 Å². The molecule has 0 aliphatic carbocycles. The maximum atomic E-state index is 11.7. The molecular weight excluding hydrogens is 262 g/mol. The zero-order valence-electron chi connectivity index (χ0n) is 12.9. The number of ether oxygens (including phenoxy) is 1. The topological polar surface area (TPSA) is 64.6 Å². The van der Waals surface area contributed by atoms with Gasteiger partial charge in [-0.25, -0.2) is 4.79 Å². The Morgan fingerprint density at radius 2 is 1.89 bits per heavy atom. The van der Waals surface area contributed by atoms with Gasteiger partial charge in [0, 0.05) is 0 Å². The fourth-order valence-corrected chi connectivity index (χ4v) is 3.36. The third kappa shape index (κ3) is 3.17. The highest BCUT2D eigenvalue weighted by Gasteiger charge is 2.50. The molecule has 1 N–H and O–H groups in total. The Kier molecular flexibility index (Phi) is 4.46. The standard InChI is InChI=1S/C13H25NO4Si/c1-8(18-19(6,7)13(2,3)4)9-10(12(16)17-5)14-11(9)15/h8-10H,1-7H3,(H,14,15)/t8-,9+,10-/m0/s1. The average molecular weight is 287 g/mol. The van der Waals surface area contributed by atoms with E-state index in [9.17, 15) is 9.59 Å². The second-order valence-corrected chi connectivity index (χ2v) is 11.4. The van der Waals surface area contributed by atoms with E-state index in [-0.39, 0.29) is 17.0 Å². The lowest BCUT2D eigenvalue weighted by molar-refractivity contribution is -0.159. The van der Waals surface area contributed by atoms with Crippen LogP contribution in [0.5, 0.6) is 0 Å². The average Bonchev–Trinajstić information content (AvgIpc) is 2.22. The molecule has 0 spiro atoms. The number of carbonyl (C=O) groups excluding carboxylic acids is 2. The Morgan fingerprint density at radius 1 is 1.37 bits per heavy atom. The van der Waals surface area contributed by atoms with Gasteiger partial charge in [-0.3, -0.25) is 4.79 Å². The molecular formula is C13H25NO4Si. The second-order valence-electron chi connectivity index (χ2n) is 6.62. The summed E-state index contributed by atoms with van der Waals surface area (Å²) in [5.41, 5.74) is 0. The lowest BCUT2D eigenvalue weighted by Gasteiger charge is -2.44. The van der Waals surface area contributed by atoms with Crippen LogP contribution in [0.15, 0.2) is 0 Å². The van der Waals surface area contributed by atoms with Crippen molar-refractivity contribution in [2.75, 3.05) is 7.11 Å². The van der Waals surface area contributed by atoms with E-state index >= 15 is 0 Å². The van der Waals surface area contributed by atoms with Gasteiger partial charge in [-0.15, -0.1) is 0 Å². The highest BCUT2D eigenvalue weighted by molar-refractivity contribution is 6.74. The van der Waals surface area contributed by atoms with E-state index in [2.05, 4.69) is 43.9 Å². The summed E-state index contributed by atoms with van der Waals surface area (Å²) in [7, 11) is -0.627. The minimum Gasteiger partial charge on any atom is -0.467 e. The molecule has 1 aliphatic rings. The minimum atomic E-state index is -1.95. The summed E-state index contributed by atoms with van der Waals surface area (Å²) < 4.78 is 10.9. The lowest BCUT2D eigenvalue weighted by atomic mass is 9.86. The van der Waals surface area contributed by atoms with E-state index in [1.54, 1.807) is 0 Å². The van der Waals surface area contributed by atoms with Gasteiger partial charge >= 0.3 is 5.97 Å². The molecule has 1 rings (SSSR count). The summed E-state index contributed by atoms with van der Waals surface area (Å²) in [6, 6.07) is -0.572. The number of carbonyl (C=O) groups is 2. The van der Waals surface area contributed by atoms with E-state index in [0.717, 1.165) is 0 Å². The Balaban J connectivity index is 2.75. The van der Waals surface area contributed by atoms with Crippen molar-refractivity contribution in [3.05, 3.63) is 0 Å². The summed E-state index contributed by atoms with van der Waals surface area (Å²) in [4.78, 5) is 23.2. The smallest absolute Gasteiger partial charge is 0.329 e. The Bertz CT molecular complexity index is 375. The second kappa shape index (κ2) is 5.24. The molecule has 19 heavy (non-hydrogen) atoms. The molecule has 1 fully saturated rings. The molecule has 0 aromatic carbocycles. The van der Waals surface area contributed by atoms with E-state index in [0.29, 0.717) is 0 Å². The predicted molar refractivity (Wildman–Crippen MR) is 75.2 cm³/mol. The van der Waals surface area contributed by atoms with Crippen LogP contribution in [0.25, 0.3) is 0 Å². The van der Waals surface area contributed by atoms with E-state index in [4.69, 9.17) is 4.43 Å². The zero-order valence-corrected chi connectivity index (χ0v) is 13.9. The van der Waals surface area contributed by atoms with Crippen LogP contribution >= 0.6 is 0 Å². The quantitative estimate of drug-likeness (QED) is 0.485. The number of β-lactam (4-membered cyclic amide) rings is 1. The van der Waals surface area contributed by atoms with Crippen LogP contribution < -0.4 is 5.32 Å². The number of nitrogens with one attached hydrogen (secondary N) is 1. The van der Waals surface area contributed by atoms with Crippen LogP contribution in [0.3, 0.4) is 0 Å². The van der Waals surface area contributed by atoms with Gasteiger partial charge in [-0.05, 0) is 25.1 Å². The number of hydrogen-bond donors (Lipinski definition) is 1. The maximum Gasteiger partial charge on any atom is 0.329 e. The van der Waals surface area contributed by atoms with Crippen molar-refractivity contribution < 1.29 is 18.8 Å². The first-order valence-corrected chi connectivity index (χ1v) is 9.48.